The SMILES string of the molecule is CC(C)(C)C1=NCCN1C1=NCCC1. The number of rotatable bonds is 0. The molecule has 0 radical (unpaired) electrons. The molecule has 3 heteroatoms. The van der Waals surface area contributed by atoms with Crippen LogP contribution in [-0.4, -0.2) is 36.2 Å². The molecular weight excluding hydrogens is 174 g/mol. The Bertz CT molecular complexity index is 283. The van der Waals surface area contributed by atoms with Gasteiger partial charge in [0, 0.05) is 24.9 Å². The van der Waals surface area contributed by atoms with Crippen LogP contribution in [0.2, 0.25) is 0 Å². The van der Waals surface area contributed by atoms with Crippen molar-refractivity contribution >= 4 is 11.7 Å². The van der Waals surface area contributed by atoms with Crippen LogP contribution >= 0.6 is 0 Å². The van der Waals surface area contributed by atoms with E-state index in [9.17, 15) is 0 Å². The van der Waals surface area contributed by atoms with Gasteiger partial charge in [0.05, 0.1) is 6.54 Å². The van der Waals surface area contributed by atoms with Gasteiger partial charge in [0.1, 0.15) is 11.7 Å². The predicted octanol–water partition coefficient (Wildman–Crippen LogP) is 1.94. The lowest BCUT2D eigenvalue weighted by atomic mass is 9.94. The van der Waals surface area contributed by atoms with Crippen LogP contribution in [0, 0.1) is 5.41 Å². The van der Waals surface area contributed by atoms with Gasteiger partial charge in [-0.2, -0.15) is 0 Å². The molecule has 0 unspecified atom stereocenters. The van der Waals surface area contributed by atoms with Crippen LogP contribution in [-0.2, 0) is 0 Å². The van der Waals surface area contributed by atoms with Crippen LogP contribution in [0.3, 0.4) is 0 Å². The minimum Gasteiger partial charge on any atom is -0.316 e. The van der Waals surface area contributed by atoms with Gasteiger partial charge in [-0.05, 0) is 6.42 Å². The largest absolute Gasteiger partial charge is 0.316 e. The lowest BCUT2D eigenvalue weighted by molar-refractivity contribution is 0.513. The zero-order chi connectivity index (χ0) is 10.2. The van der Waals surface area contributed by atoms with E-state index in [1.807, 2.05) is 0 Å². The Morgan fingerprint density at radius 1 is 1.14 bits per heavy atom. The Morgan fingerprint density at radius 3 is 2.50 bits per heavy atom. The van der Waals surface area contributed by atoms with Gasteiger partial charge in [0.2, 0.25) is 0 Å². The quantitative estimate of drug-likeness (QED) is 0.578. The van der Waals surface area contributed by atoms with Crippen molar-refractivity contribution in [1.29, 1.82) is 0 Å². The Hall–Kier alpha value is -0.860. The summed E-state index contributed by atoms with van der Waals surface area (Å²) in [7, 11) is 0. The summed E-state index contributed by atoms with van der Waals surface area (Å²) in [6, 6.07) is 0. The van der Waals surface area contributed by atoms with Crippen molar-refractivity contribution in [3.05, 3.63) is 0 Å². The van der Waals surface area contributed by atoms with E-state index in [-0.39, 0.29) is 5.41 Å². The molecule has 2 aliphatic rings. The van der Waals surface area contributed by atoms with E-state index >= 15 is 0 Å². The van der Waals surface area contributed by atoms with Gasteiger partial charge in [-0.1, -0.05) is 20.8 Å². The number of hydrogen-bond acceptors (Lipinski definition) is 3. The van der Waals surface area contributed by atoms with E-state index in [4.69, 9.17) is 0 Å². The average Bonchev–Trinajstić information content (AvgIpc) is 2.73. The highest BCUT2D eigenvalue weighted by atomic mass is 15.3. The first-order chi connectivity index (χ1) is 6.59. The smallest absolute Gasteiger partial charge is 0.110 e. The fraction of sp³-hybridized carbons (Fsp3) is 0.818. The zero-order valence-corrected chi connectivity index (χ0v) is 9.38. The standard InChI is InChI=1S/C11H19N3/c1-11(2,3)10-13-7-8-14(10)9-5-4-6-12-9/h4-8H2,1-3H3. The van der Waals surface area contributed by atoms with Gasteiger partial charge in [0.15, 0.2) is 0 Å². The summed E-state index contributed by atoms with van der Waals surface area (Å²) < 4.78 is 0. The van der Waals surface area contributed by atoms with E-state index in [1.54, 1.807) is 0 Å². The van der Waals surface area contributed by atoms with E-state index in [0.717, 1.165) is 26.1 Å². The van der Waals surface area contributed by atoms with Crippen molar-refractivity contribution < 1.29 is 0 Å². The summed E-state index contributed by atoms with van der Waals surface area (Å²) >= 11 is 0. The summed E-state index contributed by atoms with van der Waals surface area (Å²) in [4.78, 5) is 11.5. The summed E-state index contributed by atoms with van der Waals surface area (Å²) in [5.74, 6) is 2.48. The summed E-state index contributed by atoms with van der Waals surface area (Å²) in [6.45, 7) is 9.64. The molecule has 0 aromatic rings. The first kappa shape index (κ1) is 9.69. The van der Waals surface area contributed by atoms with Crippen molar-refractivity contribution in [2.75, 3.05) is 19.6 Å². The summed E-state index contributed by atoms with van der Waals surface area (Å²) in [5, 5.41) is 0. The van der Waals surface area contributed by atoms with Gasteiger partial charge in [-0.15, -0.1) is 0 Å². The van der Waals surface area contributed by atoms with Crippen molar-refractivity contribution in [2.45, 2.75) is 33.6 Å². The highest BCUT2D eigenvalue weighted by molar-refractivity contribution is 6.04. The third-order valence-corrected chi connectivity index (χ3v) is 2.68. The van der Waals surface area contributed by atoms with E-state index in [2.05, 4.69) is 35.7 Å². The normalized spacial score (nSPS) is 22.6. The van der Waals surface area contributed by atoms with Crippen LogP contribution < -0.4 is 0 Å². The highest BCUT2D eigenvalue weighted by Crippen LogP contribution is 2.24. The molecule has 0 saturated carbocycles. The lowest BCUT2D eigenvalue weighted by Crippen LogP contribution is -2.40. The van der Waals surface area contributed by atoms with Crippen molar-refractivity contribution in [1.82, 2.24) is 4.90 Å². The molecule has 78 valence electrons. The molecule has 0 spiro atoms. The first-order valence-corrected chi connectivity index (χ1v) is 5.45. The molecule has 0 amide bonds. The Labute approximate surface area is 85.9 Å². The number of nitrogens with zero attached hydrogens (tertiary/aromatic N) is 3. The maximum Gasteiger partial charge on any atom is 0.110 e. The number of aliphatic imine (C=N–C) groups is 2. The van der Waals surface area contributed by atoms with Gasteiger partial charge in [-0.25, -0.2) is 0 Å². The molecule has 0 atom stereocenters. The first-order valence-electron chi connectivity index (χ1n) is 5.45. The van der Waals surface area contributed by atoms with E-state index in [0.29, 0.717) is 0 Å². The summed E-state index contributed by atoms with van der Waals surface area (Å²) in [5.41, 5.74) is 0.154. The molecule has 2 rings (SSSR count). The monoisotopic (exact) mass is 193 g/mol. The molecule has 2 heterocycles. The average molecular weight is 193 g/mol. The fourth-order valence-electron chi connectivity index (χ4n) is 2.09. The maximum atomic E-state index is 4.59. The highest BCUT2D eigenvalue weighted by Gasteiger charge is 2.31. The molecule has 0 aliphatic carbocycles. The molecule has 0 aromatic heterocycles. The second-order valence-corrected chi connectivity index (χ2v) is 5.01. The zero-order valence-electron chi connectivity index (χ0n) is 9.38. The molecule has 3 nitrogen and oxygen atoms in total. The van der Waals surface area contributed by atoms with Crippen molar-refractivity contribution in [3.63, 3.8) is 0 Å². The van der Waals surface area contributed by atoms with E-state index in [1.165, 1.54) is 18.1 Å². The third-order valence-electron chi connectivity index (χ3n) is 2.68. The molecule has 0 bridgehead atoms. The van der Waals surface area contributed by atoms with Gasteiger partial charge < -0.3 is 4.90 Å². The molecule has 0 aromatic carbocycles. The molecule has 0 fully saturated rings. The van der Waals surface area contributed by atoms with Crippen LogP contribution in [0.15, 0.2) is 9.98 Å². The molecule has 0 N–H and O–H groups in total. The maximum absolute atomic E-state index is 4.59. The predicted molar refractivity (Wildman–Crippen MR) is 60.0 cm³/mol. The number of amidine groups is 2. The fourth-order valence-corrected chi connectivity index (χ4v) is 2.09. The molecule has 14 heavy (non-hydrogen) atoms. The van der Waals surface area contributed by atoms with Crippen LogP contribution in [0.1, 0.15) is 33.6 Å². The molecule has 2 aliphatic heterocycles. The van der Waals surface area contributed by atoms with Crippen LogP contribution in [0.5, 0.6) is 0 Å². The number of hydrogen-bond donors (Lipinski definition) is 0. The third kappa shape index (κ3) is 1.68. The van der Waals surface area contributed by atoms with E-state index < -0.39 is 0 Å². The Kier molecular flexibility index (Phi) is 2.33. The van der Waals surface area contributed by atoms with Crippen LogP contribution in [0.4, 0.5) is 0 Å². The van der Waals surface area contributed by atoms with Crippen LogP contribution in [0.25, 0.3) is 0 Å². The Morgan fingerprint density at radius 2 is 1.93 bits per heavy atom. The second-order valence-electron chi connectivity index (χ2n) is 5.01. The van der Waals surface area contributed by atoms with Gasteiger partial charge in [-0.3, -0.25) is 9.98 Å². The minimum atomic E-state index is 0.154. The topological polar surface area (TPSA) is 28.0 Å². The second kappa shape index (κ2) is 3.37. The summed E-state index contributed by atoms with van der Waals surface area (Å²) in [6.07, 6.45) is 2.35. The lowest BCUT2D eigenvalue weighted by Gasteiger charge is -2.28. The molecule has 0 saturated heterocycles. The Balaban J connectivity index is 2.17. The van der Waals surface area contributed by atoms with Crippen molar-refractivity contribution in [2.24, 2.45) is 15.4 Å². The minimum absolute atomic E-state index is 0.154. The van der Waals surface area contributed by atoms with Crippen molar-refractivity contribution in [3.8, 4) is 0 Å². The van der Waals surface area contributed by atoms with Gasteiger partial charge >= 0.3 is 0 Å². The van der Waals surface area contributed by atoms with Gasteiger partial charge in [0.25, 0.3) is 0 Å². The molecular formula is C11H19N3.